The van der Waals surface area contributed by atoms with Gasteiger partial charge < -0.3 is 20.3 Å². The van der Waals surface area contributed by atoms with E-state index in [2.05, 4.69) is 19.2 Å². The van der Waals surface area contributed by atoms with Gasteiger partial charge in [0.05, 0.1) is 25.4 Å². The molecule has 0 aromatic heterocycles. The molecule has 0 aliphatic rings. The number of aliphatic hydroxyl groups is 2. The molecule has 0 saturated heterocycles. The molecule has 0 aromatic rings. The molecule has 0 aliphatic heterocycles. The van der Waals surface area contributed by atoms with Crippen LogP contribution in [0.5, 0.6) is 0 Å². The number of hydrogen-bond acceptors (Lipinski definition) is 5. The predicted molar refractivity (Wildman–Crippen MR) is 380 cm³/mol. The fourth-order valence-electron chi connectivity index (χ4n) is 13.3. The van der Waals surface area contributed by atoms with Crippen LogP contribution in [0.1, 0.15) is 476 Å². The smallest absolute Gasteiger partial charge is 0.305 e. The van der Waals surface area contributed by atoms with Crippen molar-refractivity contribution in [3.63, 3.8) is 0 Å². The fraction of sp³-hybridized carbons (Fsp3) is 0.975. The Labute approximate surface area is 540 Å². The Morgan fingerprint density at radius 2 is 0.477 bits per heavy atom. The van der Waals surface area contributed by atoms with E-state index >= 15 is 0 Å². The molecule has 6 nitrogen and oxygen atoms in total. The van der Waals surface area contributed by atoms with Crippen molar-refractivity contribution >= 4 is 11.9 Å². The van der Waals surface area contributed by atoms with E-state index in [9.17, 15) is 19.8 Å². The SMILES string of the molecule is CCCCCCCCCCCCCCCCCCCCCCCCCCC(O)C(CO)NC(=O)CCCCCCCCCCCCCCCCCCCCCCCCCCCCCOC(=O)CCCCCCCCCCCCCCCCCCCC. The summed E-state index contributed by atoms with van der Waals surface area (Å²) in [5.41, 5.74) is 0. The quantitative estimate of drug-likeness (QED) is 0.0417. The molecule has 0 radical (unpaired) electrons. The van der Waals surface area contributed by atoms with E-state index in [-0.39, 0.29) is 18.5 Å². The Balaban J connectivity index is 3.33. The highest BCUT2D eigenvalue weighted by Gasteiger charge is 2.20. The maximum Gasteiger partial charge on any atom is 0.305 e. The molecule has 1 amide bonds. The van der Waals surface area contributed by atoms with Crippen molar-refractivity contribution in [3.05, 3.63) is 0 Å². The molecule has 0 saturated carbocycles. The Hall–Kier alpha value is -1.14. The van der Waals surface area contributed by atoms with Crippen molar-refractivity contribution in [1.29, 1.82) is 0 Å². The summed E-state index contributed by atoms with van der Waals surface area (Å²) >= 11 is 0. The van der Waals surface area contributed by atoms with E-state index in [1.54, 1.807) is 0 Å². The van der Waals surface area contributed by atoms with Gasteiger partial charge in [-0.2, -0.15) is 0 Å². The lowest BCUT2D eigenvalue weighted by atomic mass is 10.0. The summed E-state index contributed by atoms with van der Waals surface area (Å²) in [5.74, 6) is -0.00119. The van der Waals surface area contributed by atoms with Gasteiger partial charge in [0.15, 0.2) is 0 Å². The van der Waals surface area contributed by atoms with Crippen LogP contribution in [0, 0.1) is 0 Å². The summed E-state index contributed by atoms with van der Waals surface area (Å²) in [6.45, 7) is 5.02. The molecule has 6 heteroatoms. The second-order valence-corrected chi connectivity index (χ2v) is 28.1. The molecule has 0 heterocycles. The highest BCUT2D eigenvalue weighted by Crippen LogP contribution is 2.21. The molecule has 0 rings (SSSR count). The molecule has 0 bridgehead atoms. The summed E-state index contributed by atoms with van der Waals surface area (Å²) in [5, 5.41) is 23.5. The number of rotatable bonds is 77. The Kier molecular flexibility index (Phi) is 75.3. The summed E-state index contributed by atoms with van der Waals surface area (Å²) in [6.07, 6.45) is 94.8. The first-order chi connectivity index (χ1) is 42.5. The van der Waals surface area contributed by atoms with Crippen molar-refractivity contribution in [2.75, 3.05) is 13.2 Å². The first-order valence-corrected chi connectivity index (χ1v) is 40.3. The zero-order valence-electron chi connectivity index (χ0n) is 59.1. The van der Waals surface area contributed by atoms with Gasteiger partial charge in [0.1, 0.15) is 0 Å². The lowest BCUT2D eigenvalue weighted by Gasteiger charge is -2.22. The van der Waals surface area contributed by atoms with Crippen LogP contribution in [0.3, 0.4) is 0 Å². The molecule has 3 N–H and O–H groups in total. The van der Waals surface area contributed by atoms with Crippen LogP contribution in [0.15, 0.2) is 0 Å². The summed E-state index contributed by atoms with van der Waals surface area (Å²) < 4.78 is 5.52. The minimum Gasteiger partial charge on any atom is -0.466 e. The first kappa shape index (κ1) is 84.9. The summed E-state index contributed by atoms with van der Waals surface area (Å²) in [6, 6.07) is -0.540. The number of carbonyl (C=O) groups is 2. The van der Waals surface area contributed by atoms with Gasteiger partial charge >= 0.3 is 5.97 Å². The van der Waals surface area contributed by atoms with Crippen molar-refractivity contribution in [2.45, 2.75) is 488 Å². The van der Waals surface area contributed by atoms with Crippen LogP contribution in [-0.4, -0.2) is 47.4 Å². The Morgan fingerprint density at radius 1 is 0.279 bits per heavy atom. The van der Waals surface area contributed by atoms with Gasteiger partial charge in [-0.3, -0.25) is 9.59 Å². The topological polar surface area (TPSA) is 95.9 Å². The van der Waals surface area contributed by atoms with Crippen molar-refractivity contribution in [1.82, 2.24) is 5.32 Å². The first-order valence-electron chi connectivity index (χ1n) is 40.3. The number of carbonyl (C=O) groups excluding carboxylic acids is 2. The average Bonchev–Trinajstić information content (AvgIpc) is 3.55. The Morgan fingerprint density at radius 3 is 0.709 bits per heavy atom. The zero-order valence-corrected chi connectivity index (χ0v) is 59.1. The van der Waals surface area contributed by atoms with E-state index in [4.69, 9.17) is 4.74 Å². The summed E-state index contributed by atoms with van der Waals surface area (Å²) in [4.78, 5) is 24.7. The van der Waals surface area contributed by atoms with Crippen molar-refractivity contribution in [2.24, 2.45) is 0 Å². The minimum atomic E-state index is -0.663. The summed E-state index contributed by atoms with van der Waals surface area (Å²) in [7, 11) is 0. The van der Waals surface area contributed by atoms with E-state index in [0.717, 1.165) is 38.5 Å². The highest BCUT2D eigenvalue weighted by molar-refractivity contribution is 5.76. The molecule has 514 valence electrons. The van der Waals surface area contributed by atoms with Gasteiger partial charge in [0, 0.05) is 12.8 Å². The van der Waals surface area contributed by atoms with Crippen LogP contribution >= 0.6 is 0 Å². The van der Waals surface area contributed by atoms with Crippen LogP contribution < -0.4 is 5.32 Å². The van der Waals surface area contributed by atoms with E-state index < -0.39 is 12.1 Å². The number of hydrogen-bond donors (Lipinski definition) is 3. The third-order valence-electron chi connectivity index (χ3n) is 19.4. The van der Waals surface area contributed by atoms with E-state index in [1.807, 2.05) is 0 Å². The van der Waals surface area contributed by atoms with Gasteiger partial charge in [-0.1, -0.05) is 438 Å². The van der Waals surface area contributed by atoms with Gasteiger partial charge in [0.25, 0.3) is 0 Å². The lowest BCUT2D eigenvalue weighted by molar-refractivity contribution is -0.143. The zero-order chi connectivity index (χ0) is 62.0. The monoisotopic (exact) mass is 1210 g/mol. The number of ether oxygens (including phenoxy) is 1. The highest BCUT2D eigenvalue weighted by atomic mass is 16.5. The molecule has 2 unspecified atom stereocenters. The van der Waals surface area contributed by atoms with E-state index in [1.165, 1.54) is 405 Å². The standard InChI is InChI=1S/C80H159NO5/c1-3-5-7-9-11-13-15-17-19-21-23-24-25-31-34-37-40-44-48-52-56-60-64-68-72-78(83)77(76-82)81-79(84)73-69-65-61-57-53-49-45-41-38-35-32-29-27-26-28-30-33-36-39-43-47-51-55-59-63-67-71-75-86-80(85)74-70-66-62-58-54-50-46-42-22-20-18-16-14-12-10-8-6-4-2/h77-78,82-83H,3-76H2,1-2H3,(H,81,84). The van der Waals surface area contributed by atoms with E-state index in [0.29, 0.717) is 25.9 Å². The average molecular weight is 1220 g/mol. The molecular formula is C80H159NO5. The molecule has 0 aromatic carbocycles. The molecule has 86 heavy (non-hydrogen) atoms. The molecule has 0 aliphatic carbocycles. The maximum atomic E-state index is 12.6. The molecule has 0 fully saturated rings. The number of nitrogens with one attached hydrogen (secondary N) is 1. The van der Waals surface area contributed by atoms with Gasteiger partial charge in [-0.25, -0.2) is 0 Å². The van der Waals surface area contributed by atoms with Crippen molar-refractivity contribution < 1.29 is 24.5 Å². The number of unbranched alkanes of at least 4 members (excludes halogenated alkanes) is 66. The maximum absolute atomic E-state index is 12.6. The number of amides is 1. The molecular weight excluding hydrogens is 1050 g/mol. The number of esters is 1. The third kappa shape index (κ3) is 71.9. The van der Waals surface area contributed by atoms with Crippen molar-refractivity contribution in [3.8, 4) is 0 Å². The van der Waals surface area contributed by atoms with Gasteiger partial charge in [-0.05, 0) is 25.7 Å². The number of aliphatic hydroxyl groups excluding tert-OH is 2. The predicted octanol–water partition coefficient (Wildman–Crippen LogP) is 26.5. The third-order valence-corrected chi connectivity index (χ3v) is 19.4. The molecule has 2 atom stereocenters. The largest absolute Gasteiger partial charge is 0.466 e. The van der Waals surface area contributed by atoms with Gasteiger partial charge in [0.2, 0.25) is 5.91 Å². The minimum absolute atomic E-state index is 0.0243. The Bertz CT molecular complexity index is 1260. The van der Waals surface area contributed by atoms with Crippen LogP contribution in [0.4, 0.5) is 0 Å². The lowest BCUT2D eigenvalue weighted by Crippen LogP contribution is -2.45. The fourth-order valence-corrected chi connectivity index (χ4v) is 13.3. The second-order valence-electron chi connectivity index (χ2n) is 28.1. The molecule has 0 spiro atoms. The normalized spacial score (nSPS) is 12.4. The van der Waals surface area contributed by atoms with Crippen LogP contribution in [0.2, 0.25) is 0 Å². The van der Waals surface area contributed by atoms with Crippen LogP contribution in [0.25, 0.3) is 0 Å². The van der Waals surface area contributed by atoms with Crippen LogP contribution in [-0.2, 0) is 14.3 Å². The van der Waals surface area contributed by atoms with Gasteiger partial charge in [-0.15, -0.1) is 0 Å². The second kappa shape index (κ2) is 76.3.